The van der Waals surface area contributed by atoms with Crippen LogP contribution in [0, 0.1) is 0 Å². The van der Waals surface area contributed by atoms with Gasteiger partial charge in [0.1, 0.15) is 24.9 Å². The molecule has 0 bridgehead atoms. The highest BCUT2D eigenvalue weighted by Crippen LogP contribution is 2.29. The van der Waals surface area contributed by atoms with Crippen LogP contribution in [0.4, 0.5) is 0 Å². The molecule has 1 heterocycles. The van der Waals surface area contributed by atoms with Crippen LogP contribution < -0.4 is 5.32 Å². The van der Waals surface area contributed by atoms with E-state index in [-0.39, 0.29) is 12.8 Å². The first-order valence-electron chi connectivity index (χ1n) is 26.7. The Balaban J connectivity index is 3.37. The molecule has 17 nitrogen and oxygen atoms in total. The van der Waals surface area contributed by atoms with E-state index in [1.54, 1.807) is 0 Å². The molecular weight excluding hydrogens is 907 g/mol. The molecule has 9 atom stereocenters. The van der Waals surface area contributed by atoms with Gasteiger partial charge in [0.05, 0.1) is 12.6 Å². The summed E-state index contributed by atoms with van der Waals surface area (Å²) in [4.78, 5) is 88.4. The summed E-state index contributed by atoms with van der Waals surface area (Å²) in [5, 5.41) is 14.4. The minimum absolute atomic E-state index is 0.199. The van der Waals surface area contributed by atoms with Crippen LogP contribution in [-0.4, -0.2) is 115 Å². The first-order valence-corrected chi connectivity index (χ1v) is 26.7. The summed E-state index contributed by atoms with van der Waals surface area (Å²) < 4.78 is 45.3. The summed E-state index contributed by atoms with van der Waals surface area (Å²) in [5.74, 6) is -5.16. The van der Waals surface area contributed by atoms with Gasteiger partial charge in [-0.1, -0.05) is 162 Å². The molecule has 1 aliphatic heterocycles. The molecule has 0 aliphatic carbocycles. The first kappa shape index (κ1) is 64.2. The van der Waals surface area contributed by atoms with Crippen molar-refractivity contribution in [1.29, 1.82) is 0 Å². The number of amides is 1. The molecule has 1 saturated heterocycles. The van der Waals surface area contributed by atoms with Gasteiger partial charge in [-0.3, -0.25) is 33.6 Å². The van der Waals surface area contributed by atoms with Gasteiger partial charge in [0.25, 0.3) is 5.91 Å². The van der Waals surface area contributed by atoms with Crippen LogP contribution in [-0.2, 0) is 71.5 Å². The third-order valence-corrected chi connectivity index (χ3v) is 12.3. The Bertz CT molecular complexity index is 1480. The Kier molecular flexibility index (Phi) is 36.4. The summed E-state index contributed by atoms with van der Waals surface area (Å²) in [6.45, 7) is 10.3. The Labute approximate surface area is 419 Å². The zero-order chi connectivity index (χ0) is 52.1. The lowest BCUT2D eigenvalue weighted by Crippen LogP contribution is -2.63. The predicted octanol–water partition coefficient (Wildman–Crippen LogP) is 9.37. The number of carbonyl (C=O) groups excluding carboxylic acids is 7. The number of carbonyl (C=O) groups is 7. The average Bonchev–Trinajstić information content (AvgIpc) is 3.28. The van der Waals surface area contributed by atoms with E-state index in [1.165, 1.54) is 117 Å². The van der Waals surface area contributed by atoms with Gasteiger partial charge in [-0.05, 0) is 25.7 Å². The first-order chi connectivity index (χ1) is 33.5. The molecule has 9 unspecified atom stereocenters. The highest BCUT2D eigenvalue weighted by atomic mass is 16.7. The predicted molar refractivity (Wildman–Crippen MR) is 263 cm³/mol. The quantitative estimate of drug-likeness (QED) is 0.0330. The van der Waals surface area contributed by atoms with Gasteiger partial charge in [-0.2, -0.15) is 0 Å². The number of hydrogen-bond acceptors (Lipinski definition) is 16. The number of nitrogens with one attached hydrogen (secondary N) is 1. The van der Waals surface area contributed by atoms with Crippen LogP contribution in [0.25, 0.3) is 0 Å². The fourth-order valence-electron chi connectivity index (χ4n) is 8.81. The molecule has 2 N–H and O–H groups in total. The molecule has 17 heteroatoms. The van der Waals surface area contributed by atoms with Gasteiger partial charge in [0, 0.05) is 41.5 Å². The third kappa shape index (κ3) is 30.8. The minimum Gasteiger partial charge on any atom is -0.463 e. The summed E-state index contributed by atoms with van der Waals surface area (Å²) >= 11 is 0. The summed E-state index contributed by atoms with van der Waals surface area (Å²) in [7, 11) is 0. The molecule has 0 aromatic heterocycles. The number of aliphatic hydroxyl groups is 1. The summed E-state index contributed by atoms with van der Waals surface area (Å²) in [5.41, 5.74) is 0. The molecule has 0 aromatic rings. The monoisotopic (exact) mass is 1000 g/mol. The molecule has 1 rings (SSSR count). The van der Waals surface area contributed by atoms with Gasteiger partial charge >= 0.3 is 35.8 Å². The van der Waals surface area contributed by atoms with Gasteiger partial charge in [0.15, 0.2) is 30.7 Å². The number of ether oxygens (including phenoxy) is 8. The fraction of sp³-hybridized carbons (Fsp3) is 0.868. The second kappa shape index (κ2) is 39.7. The van der Waals surface area contributed by atoms with E-state index >= 15 is 0 Å². The molecular formula is C53H93NO16. The van der Waals surface area contributed by atoms with Crippen LogP contribution in [0.2, 0.25) is 0 Å². The SMILES string of the molecule is CCCCCCCCCCCCCCCC(OC(C)=O)C(=O)NC(COC1OC(COC(C)=O)C(OC(C)=O)C(OC(C)=O)C1O)C(OC(C)=O)C(CCCCCCCCCCCCCC)OC(C)=O. The maximum absolute atomic E-state index is 14.3. The van der Waals surface area contributed by atoms with Crippen LogP contribution in [0.5, 0.6) is 0 Å². The summed E-state index contributed by atoms with van der Waals surface area (Å²) in [6.07, 6.45) is 16.7. The van der Waals surface area contributed by atoms with E-state index in [1.807, 2.05) is 0 Å². The van der Waals surface area contributed by atoms with Crippen molar-refractivity contribution < 1.29 is 76.6 Å². The van der Waals surface area contributed by atoms with Crippen molar-refractivity contribution in [1.82, 2.24) is 5.32 Å². The Morgan fingerprint density at radius 2 is 0.914 bits per heavy atom. The van der Waals surface area contributed by atoms with Crippen molar-refractivity contribution in [2.75, 3.05) is 13.2 Å². The molecule has 1 aliphatic rings. The normalized spacial score (nSPS) is 19.5. The lowest BCUT2D eigenvalue weighted by atomic mass is 9.97. The van der Waals surface area contributed by atoms with Crippen LogP contribution >= 0.6 is 0 Å². The van der Waals surface area contributed by atoms with Crippen molar-refractivity contribution in [3.8, 4) is 0 Å². The van der Waals surface area contributed by atoms with Crippen LogP contribution in [0.1, 0.15) is 229 Å². The van der Waals surface area contributed by atoms with E-state index in [4.69, 9.17) is 37.9 Å². The molecule has 1 fully saturated rings. The smallest absolute Gasteiger partial charge is 0.303 e. The van der Waals surface area contributed by atoms with Crippen molar-refractivity contribution in [3.05, 3.63) is 0 Å². The molecule has 406 valence electrons. The Hall–Kier alpha value is -3.83. The van der Waals surface area contributed by atoms with E-state index in [0.29, 0.717) is 12.8 Å². The van der Waals surface area contributed by atoms with Gasteiger partial charge in [-0.25, -0.2) is 0 Å². The lowest BCUT2D eigenvalue weighted by molar-refractivity contribution is -0.307. The fourth-order valence-corrected chi connectivity index (χ4v) is 8.81. The molecule has 0 saturated carbocycles. The molecule has 0 aromatic carbocycles. The molecule has 0 radical (unpaired) electrons. The van der Waals surface area contributed by atoms with Gasteiger partial charge in [-0.15, -0.1) is 0 Å². The van der Waals surface area contributed by atoms with Crippen molar-refractivity contribution in [3.63, 3.8) is 0 Å². The number of esters is 6. The highest BCUT2D eigenvalue weighted by Gasteiger charge is 2.51. The van der Waals surface area contributed by atoms with E-state index in [9.17, 15) is 38.7 Å². The van der Waals surface area contributed by atoms with E-state index < -0.39 is 110 Å². The largest absolute Gasteiger partial charge is 0.463 e. The van der Waals surface area contributed by atoms with Gasteiger partial charge in [0.2, 0.25) is 0 Å². The molecule has 1 amide bonds. The standard InChI is InChI=1S/C53H93NO16/c1-9-11-13-15-17-19-21-23-25-27-29-31-33-35-46(66-40(5)57)52(62)54-44(36-64-53-48(61)51(69-43(8)60)50(68-42(7)59)47(70-53)37-63-38(3)55)49(67-41(6)58)45(65-39(4)56)34-32-30-28-26-24-22-20-18-16-14-12-10-2/h44-51,53,61H,9-37H2,1-8H3,(H,54,62). The highest BCUT2D eigenvalue weighted by molar-refractivity contribution is 5.83. The Morgan fingerprint density at radius 1 is 0.500 bits per heavy atom. The lowest BCUT2D eigenvalue weighted by Gasteiger charge is -2.43. The number of aliphatic hydroxyl groups excluding tert-OH is 1. The Morgan fingerprint density at radius 3 is 1.33 bits per heavy atom. The van der Waals surface area contributed by atoms with E-state index in [2.05, 4.69) is 19.2 Å². The van der Waals surface area contributed by atoms with Gasteiger partial charge < -0.3 is 48.3 Å². The maximum Gasteiger partial charge on any atom is 0.303 e. The zero-order valence-electron chi connectivity index (χ0n) is 44.3. The van der Waals surface area contributed by atoms with Crippen molar-refractivity contribution in [2.45, 2.75) is 284 Å². The van der Waals surface area contributed by atoms with Crippen LogP contribution in [0.15, 0.2) is 0 Å². The number of hydrogen-bond donors (Lipinski definition) is 2. The van der Waals surface area contributed by atoms with E-state index in [0.717, 1.165) is 72.1 Å². The van der Waals surface area contributed by atoms with Crippen LogP contribution in [0.3, 0.4) is 0 Å². The minimum atomic E-state index is -1.81. The molecule has 70 heavy (non-hydrogen) atoms. The molecule has 0 spiro atoms. The zero-order valence-corrected chi connectivity index (χ0v) is 44.3. The average molecular weight is 1000 g/mol. The second-order valence-corrected chi connectivity index (χ2v) is 19.0. The maximum atomic E-state index is 14.3. The van der Waals surface area contributed by atoms with Crippen molar-refractivity contribution >= 4 is 41.7 Å². The number of rotatable bonds is 41. The third-order valence-electron chi connectivity index (χ3n) is 12.3. The number of unbranched alkanes of at least 4 members (excludes halogenated alkanes) is 23. The second-order valence-electron chi connectivity index (χ2n) is 19.0. The topological polar surface area (TPSA) is 226 Å². The summed E-state index contributed by atoms with van der Waals surface area (Å²) in [6, 6.07) is -1.32. The van der Waals surface area contributed by atoms with Crippen molar-refractivity contribution in [2.24, 2.45) is 0 Å².